The van der Waals surface area contributed by atoms with E-state index in [0.717, 1.165) is 17.7 Å². The van der Waals surface area contributed by atoms with Crippen molar-refractivity contribution in [2.45, 2.75) is 18.9 Å². The van der Waals surface area contributed by atoms with Crippen LogP contribution in [0.5, 0.6) is 0 Å². The van der Waals surface area contributed by atoms with E-state index in [1.54, 1.807) is 6.07 Å². The fourth-order valence-corrected chi connectivity index (χ4v) is 2.62. The highest BCUT2D eigenvalue weighted by atomic mass is 35.5. The Balaban J connectivity index is 0.00000176. The van der Waals surface area contributed by atoms with Gasteiger partial charge in [0, 0.05) is 25.2 Å². The first kappa shape index (κ1) is 16.5. The Kier molecular flexibility index (Phi) is 4.53. The summed E-state index contributed by atoms with van der Waals surface area (Å²) in [6.07, 6.45) is 2.17. The Bertz CT molecular complexity index is 643. The molecule has 118 valence electrons. The number of rotatable bonds is 4. The quantitative estimate of drug-likeness (QED) is 0.802. The zero-order valence-electron chi connectivity index (χ0n) is 12.2. The highest BCUT2D eigenvalue weighted by Crippen LogP contribution is 2.32. The highest BCUT2D eigenvalue weighted by Gasteiger charge is 2.34. The number of carbonyl (C=O) groups excluding carboxylic acids is 3. The lowest BCUT2D eigenvalue weighted by atomic mass is 10.0. The van der Waals surface area contributed by atoms with Crippen molar-refractivity contribution in [2.24, 2.45) is 11.7 Å². The lowest BCUT2D eigenvalue weighted by Crippen LogP contribution is -2.41. The predicted octanol–water partition coefficient (Wildman–Crippen LogP) is 0.801. The number of nitrogens with two attached hydrogens (primary N) is 1. The normalized spacial score (nSPS) is 17.8. The number of halogens is 1. The second-order valence-corrected chi connectivity index (χ2v) is 5.58. The summed E-state index contributed by atoms with van der Waals surface area (Å²) in [4.78, 5) is 37.0. The Morgan fingerprint density at radius 1 is 1.32 bits per heavy atom. The molecule has 1 aromatic carbocycles. The molecule has 1 aliphatic heterocycles. The van der Waals surface area contributed by atoms with Gasteiger partial charge in [0.2, 0.25) is 0 Å². The highest BCUT2D eigenvalue weighted by molar-refractivity contribution is 6.21. The summed E-state index contributed by atoms with van der Waals surface area (Å²) in [5.74, 6) is -0.500. The number of nitrogens with zero attached hydrogens (tertiary/aromatic N) is 1. The Labute approximate surface area is 134 Å². The third-order valence-electron chi connectivity index (χ3n) is 4.11. The zero-order chi connectivity index (χ0) is 15.1. The largest absolute Gasteiger partial charge is 0.348 e. The van der Waals surface area contributed by atoms with Gasteiger partial charge < -0.3 is 11.1 Å². The van der Waals surface area contributed by atoms with Gasteiger partial charge in [0.25, 0.3) is 17.7 Å². The lowest BCUT2D eigenvalue weighted by Gasteiger charge is -2.16. The SMILES string of the molecule is CN1C(=O)c2ccc(C(=O)NC(CN)C3CC3)cc2C1=O.Cl. The minimum Gasteiger partial charge on any atom is -0.348 e. The molecule has 3 rings (SSSR count). The number of hydrogen-bond donors (Lipinski definition) is 2. The van der Waals surface area contributed by atoms with Crippen LogP contribution < -0.4 is 11.1 Å². The molecule has 2 aliphatic rings. The van der Waals surface area contributed by atoms with E-state index in [2.05, 4.69) is 5.32 Å². The van der Waals surface area contributed by atoms with Crippen molar-refractivity contribution in [3.63, 3.8) is 0 Å². The summed E-state index contributed by atoms with van der Waals surface area (Å²) < 4.78 is 0. The van der Waals surface area contributed by atoms with Crippen LogP contribution in [0.1, 0.15) is 43.9 Å². The second kappa shape index (κ2) is 6.06. The van der Waals surface area contributed by atoms with Gasteiger partial charge in [-0.2, -0.15) is 0 Å². The molecule has 1 aliphatic carbocycles. The number of nitrogens with one attached hydrogen (secondary N) is 1. The van der Waals surface area contributed by atoms with Gasteiger partial charge in [-0.05, 0) is 37.0 Å². The first-order chi connectivity index (χ1) is 10.0. The van der Waals surface area contributed by atoms with Crippen molar-refractivity contribution in [3.8, 4) is 0 Å². The fourth-order valence-electron chi connectivity index (χ4n) is 2.62. The van der Waals surface area contributed by atoms with E-state index in [-0.39, 0.29) is 41.7 Å². The summed E-state index contributed by atoms with van der Waals surface area (Å²) in [6.45, 7) is 0.404. The topological polar surface area (TPSA) is 92.5 Å². The summed E-state index contributed by atoms with van der Waals surface area (Å²) in [7, 11) is 1.43. The number of carbonyl (C=O) groups is 3. The summed E-state index contributed by atoms with van der Waals surface area (Å²) in [6, 6.07) is 4.56. The second-order valence-electron chi connectivity index (χ2n) is 5.58. The summed E-state index contributed by atoms with van der Waals surface area (Å²) >= 11 is 0. The molecule has 1 atom stereocenters. The van der Waals surface area contributed by atoms with Crippen molar-refractivity contribution in [2.75, 3.05) is 13.6 Å². The smallest absolute Gasteiger partial charge is 0.261 e. The molecule has 22 heavy (non-hydrogen) atoms. The van der Waals surface area contributed by atoms with Crippen LogP contribution in [0.15, 0.2) is 18.2 Å². The predicted molar refractivity (Wildman–Crippen MR) is 83.1 cm³/mol. The fraction of sp³-hybridized carbons (Fsp3) is 0.400. The third kappa shape index (κ3) is 2.71. The standard InChI is InChI=1S/C15H17N3O3.ClH/c1-18-14(20)10-5-4-9(6-11(10)15(18)21)13(19)17-12(7-16)8-2-3-8;/h4-6,8,12H,2-3,7,16H2,1H3,(H,17,19);1H. The van der Waals surface area contributed by atoms with Crippen molar-refractivity contribution in [1.82, 2.24) is 10.2 Å². The van der Waals surface area contributed by atoms with E-state index >= 15 is 0 Å². The first-order valence-electron chi connectivity index (χ1n) is 7.00. The van der Waals surface area contributed by atoms with Crippen LogP contribution in [-0.2, 0) is 0 Å². The Morgan fingerprint density at radius 3 is 2.55 bits per heavy atom. The lowest BCUT2D eigenvalue weighted by molar-refractivity contribution is 0.0693. The molecule has 1 unspecified atom stereocenters. The summed E-state index contributed by atoms with van der Waals surface area (Å²) in [5, 5.41) is 2.90. The number of hydrogen-bond acceptors (Lipinski definition) is 4. The van der Waals surface area contributed by atoms with Crippen LogP contribution in [0.25, 0.3) is 0 Å². The van der Waals surface area contributed by atoms with Crippen molar-refractivity contribution >= 4 is 30.1 Å². The molecule has 0 radical (unpaired) electrons. The molecule has 0 spiro atoms. The van der Waals surface area contributed by atoms with E-state index < -0.39 is 0 Å². The number of fused-ring (bicyclic) bond motifs is 1. The Morgan fingerprint density at radius 2 is 1.95 bits per heavy atom. The van der Waals surface area contributed by atoms with Crippen LogP contribution in [0.3, 0.4) is 0 Å². The maximum atomic E-state index is 12.2. The molecule has 1 heterocycles. The van der Waals surface area contributed by atoms with Crippen LogP contribution in [0.4, 0.5) is 0 Å². The van der Waals surface area contributed by atoms with Crippen molar-refractivity contribution < 1.29 is 14.4 Å². The minimum atomic E-state index is -0.373. The van der Waals surface area contributed by atoms with Gasteiger partial charge >= 0.3 is 0 Å². The molecule has 3 N–H and O–H groups in total. The molecule has 6 nitrogen and oxygen atoms in total. The minimum absolute atomic E-state index is 0. The average Bonchev–Trinajstić information content (AvgIpc) is 3.31. The molecule has 1 fully saturated rings. The van der Waals surface area contributed by atoms with Crippen molar-refractivity contribution in [3.05, 3.63) is 34.9 Å². The number of amides is 3. The molecule has 1 saturated carbocycles. The van der Waals surface area contributed by atoms with E-state index in [0.29, 0.717) is 23.6 Å². The van der Waals surface area contributed by atoms with Gasteiger partial charge in [0.05, 0.1) is 11.1 Å². The van der Waals surface area contributed by atoms with Gasteiger partial charge in [-0.25, -0.2) is 0 Å². The summed E-state index contributed by atoms with van der Waals surface area (Å²) in [5.41, 5.74) is 6.67. The third-order valence-corrected chi connectivity index (χ3v) is 4.11. The van der Waals surface area contributed by atoms with Gasteiger partial charge in [0.1, 0.15) is 0 Å². The van der Waals surface area contributed by atoms with Gasteiger partial charge in [0.15, 0.2) is 0 Å². The van der Waals surface area contributed by atoms with Crippen molar-refractivity contribution in [1.29, 1.82) is 0 Å². The van der Waals surface area contributed by atoms with E-state index in [1.807, 2.05) is 0 Å². The molecule has 1 aromatic rings. The van der Waals surface area contributed by atoms with E-state index in [4.69, 9.17) is 5.73 Å². The van der Waals surface area contributed by atoms with Gasteiger partial charge in [-0.15, -0.1) is 12.4 Å². The molecular formula is C15H18ClN3O3. The number of benzene rings is 1. The van der Waals surface area contributed by atoms with E-state index in [1.165, 1.54) is 19.2 Å². The van der Waals surface area contributed by atoms with Crippen LogP contribution in [0.2, 0.25) is 0 Å². The van der Waals surface area contributed by atoms with E-state index in [9.17, 15) is 14.4 Å². The maximum Gasteiger partial charge on any atom is 0.261 e. The van der Waals surface area contributed by atoms with Gasteiger partial charge in [-0.1, -0.05) is 0 Å². The number of imide groups is 1. The van der Waals surface area contributed by atoms with Crippen LogP contribution in [-0.4, -0.2) is 42.3 Å². The van der Waals surface area contributed by atoms with Gasteiger partial charge in [-0.3, -0.25) is 19.3 Å². The van der Waals surface area contributed by atoms with Crippen LogP contribution >= 0.6 is 12.4 Å². The molecule has 0 bridgehead atoms. The monoisotopic (exact) mass is 323 g/mol. The maximum absolute atomic E-state index is 12.2. The molecule has 7 heteroatoms. The van der Waals surface area contributed by atoms with Crippen LogP contribution in [0, 0.1) is 5.92 Å². The molecule has 3 amide bonds. The molecule has 0 aromatic heterocycles. The first-order valence-corrected chi connectivity index (χ1v) is 7.00. The molecular weight excluding hydrogens is 306 g/mol. The zero-order valence-corrected chi connectivity index (χ0v) is 13.0. The average molecular weight is 324 g/mol. The molecule has 0 saturated heterocycles. The Hall–Kier alpha value is -1.92.